The van der Waals surface area contributed by atoms with E-state index in [2.05, 4.69) is 20.8 Å². The third-order valence-electron chi connectivity index (χ3n) is 3.62. The van der Waals surface area contributed by atoms with Gasteiger partial charge in [-0.1, -0.05) is 33.6 Å². The summed E-state index contributed by atoms with van der Waals surface area (Å²) in [6, 6.07) is 0. The van der Waals surface area contributed by atoms with Crippen molar-refractivity contribution in [3.8, 4) is 0 Å². The van der Waals surface area contributed by atoms with Crippen molar-refractivity contribution < 1.29 is 9.84 Å². The highest BCUT2D eigenvalue weighted by Gasteiger charge is 2.28. The number of aliphatic hydroxyl groups is 1. The highest BCUT2D eigenvalue weighted by Crippen LogP contribution is 2.33. The van der Waals surface area contributed by atoms with Crippen LogP contribution in [0, 0.1) is 11.3 Å². The molecule has 1 rings (SSSR count). The first-order chi connectivity index (χ1) is 6.93. The molecule has 0 saturated heterocycles. The van der Waals surface area contributed by atoms with Gasteiger partial charge < -0.3 is 9.84 Å². The topological polar surface area (TPSA) is 29.5 Å². The van der Waals surface area contributed by atoms with Crippen molar-refractivity contribution in [1.82, 2.24) is 0 Å². The SMILES string of the molecule is COC1CCCC(CC(O)C(C)(C)C)C1. The maximum atomic E-state index is 10.1. The Morgan fingerprint density at radius 1 is 1.33 bits per heavy atom. The van der Waals surface area contributed by atoms with E-state index in [-0.39, 0.29) is 11.5 Å². The lowest BCUT2D eigenvalue weighted by Crippen LogP contribution is -2.31. The van der Waals surface area contributed by atoms with Gasteiger partial charge in [-0.25, -0.2) is 0 Å². The molecule has 0 amide bonds. The van der Waals surface area contributed by atoms with Crippen LogP contribution in [0.25, 0.3) is 0 Å². The van der Waals surface area contributed by atoms with Crippen molar-refractivity contribution in [2.24, 2.45) is 11.3 Å². The van der Waals surface area contributed by atoms with Gasteiger partial charge in [-0.3, -0.25) is 0 Å². The molecule has 0 aromatic rings. The first kappa shape index (κ1) is 13.0. The third kappa shape index (κ3) is 4.12. The van der Waals surface area contributed by atoms with E-state index in [1.165, 1.54) is 19.3 Å². The van der Waals surface area contributed by atoms with E-state index >= 15 is 0 Å². The van der Waals surface area contributed by atoms with Crippen molar-refractivity contribution in [3.05, 3.63) is 0 Å². The van der Waals surface area contributed by atoms with Gasteiger partial charge in [0.15, 0.2) is 0 Å². The molecule has 0 aromatic carbocycles. The fourth-order valence-corrected chi connectivity index (χ4v) is 2.34. The van der Waals surface area contributed by atoms with Gasteiger partial charge >= 0.3 is 0 Å². The number of aliphatic hydroxyl groups excluding tert-OH is 1. The maximum Gasteiger partial charge on any atom is 0.0591 e. The molecule has 1 fully saturated rings. The number of hydrogen-bond acceptors (Lipinski definition) is 2. The smallest absolute Gasteiger partial charge is 0.0591 e. The number of hydrogen-bond donors (Lipinski definition) is 1. The first-order valence-corrected chi connectivity index (χ1v) is 6.14. The zero-order valence-electron chi connectivity index (χ0n) is 10.6. The summed E-state index contributed by atoms with van der Waals surface area (Å²) in [5.74, 6) is 0.651. The van der Waals surface area contributed by atoms with Crippen LogP contribution < -0.4 is 0 Å². The van der Waals surface area contributed by atoms with E-state index in [1.54, 1.807) is 7.11 Å². The van der Waals surface area contributed by atoms with Gasteiger partial charge in [0.1, 0.15) is 0 Å². The van der Waals surface area contributed by atoms with Crippen molar-refractivity contribution >= 4 is 0 Å². The van der Waals surface area contributed by atoms with Crippen LogP contribution >= 0.6 is 0 Å². The van der Waals surface area contributed by atoms with Crippen LogP contribution in [0.1, 0.15) is 52.9 Å². The van der Waals surface area contributed by atoms with Crippen LogP contribution in [-0.4, -0.2) is 24.4 Å². The van der Waals surface area contributed by atoms with Gasteiger partial charge in [0.05, 0.1) is 12.2 Å². The predicted molar refractivity (Wildman–Crippen MR) is 62.8 cm³/mol. The highest BCUT2D eigenvalue weighted by atomic mass is 16.5. The lowest BCUT2D eigenvalue weighted by atomic mass is 9.78. The molecule has 0 radical (unpaired) electrons. The Morgan fingerprint density at radius 2 is 2.00 bits per heavy atom. The summed E-state index contributed by atoms with van der Waals surface area (Å²) in [4.78, 5) is 0. The van der Waals surface area contributed by atoms with Crippen molar-refractivity contribution in [1.29, 1.82) is 0 Å². The summed E-state index contributed by atoms with van der Waals surface area (Å²) >= 11 is 0. The molecule has 0 spiro atoms. The fourth-order valence-electron chi connectivity index (χ4n) is 2.34. The molecule has 0 aromatic heterocycles. The summed E-state index contributed by atoms with van der Waals surface area (Å²) in [5, 5.41) is 10.1. The number of methoxy groups -OCH3 is 1. The predicted octanol–water partition coefficient (Wildman–Crippen LogP) is 2.99. The number of rotatable bonds is 3. The molecule has 0 bridgehead atoms. The van der Waals surface area contributed by atoms with Gasteiger partial charge in [0.2, 0.25) is 0 Å². The van der Waals surface area contributed by atoms with Crippen molar-refractivity contribution in [2.75, 3.05) is 7.11 Å². The largest absolute Gasteiger partial charge is 0.393 e. The summed E-state index contributed by atoms with van der Waals surface area (Å²) < 4.78 is 5.41. The molecule has 1 saturated carbocycles. The monoisotopic (exact) mass is 214 g/mol. The molecule has 1 aliphatic rings. The number of ether oxygens (including phenoxy) is 1. The molecule has 0 aliphatic heterocycles. The standard InChI is InChI=1S/C13H26O2/c1-13(2,3)12(14)9-10-6-5-7-11(8-10)15-4/h10-12,14H,5-9H2,1-4H3. The zero-order chi connectivity index (χ0) is 11.5. The van der Waals surface area contributed by atoms with Crippen LogP contribution in [0.15, 0.2) is 0 Å². The van der Waals surface area contributed by atoms with E-state index in [0.717, 1.165) is 12.8 Å². The van der Waals surface area contributed by atoms with Gasteiger partial charge in [-0.05, 0) is 30.6 Å². The molecular weight excluding hydrogens is 188 g/mol. The molecule has 2 nitrogen and oxygen atoms in total. The Labute approximate surface area is 94.0 Å². The first-order valence-electron chi connectivity index (χ1n) is 6.14. The van der Waals surface area contributed by atoms with Crippen LogP contribution in [0.4, 0.5) is 0 Å². The average Bonchev–Trinajstić information content (AvgIpc) is 2.16. The Bertz CT molecular complexity index is 183. The third-order valence-corrected chi connectivity index (χ3v) is 3.62. The summed E-state index contributed by atoms with van der Waals surface area (Å²) in [6.07, 6.45) is 6.01. The van der Waals surface area contributed by atoms with E-state index in [4.69, 9.17) is 4.74 Å². The van der Waals surface area contributed by atoms with E-state index in [9.17, 15) is 5.11 Å². The van der Waals surface area contributed by atoms with E-state index in [0.29, 0.717) is 12.0 Å². The van der Waals surface area contributed by atoms with Gasteiger partial charge in [-0.2, -0.15) is 0 Å². The van der Waals surface area contributed by atoms with Crippen LogP contribution in [0.2, 0.25) is 0 Å². The van der Waals surface area contributed by atoms with Gasteiger partial charge in [-0.15, -0.1) is 0 Å². The molecular formula is C13H26O2. The Kier molecular flexibility index (Phi) is 4.60. The summed E-state index contributed by atoms with van der Waals surface area (Å²) in [5.41, 5.74) is 0.0139. The van der Waals surface area contributed by atoms with Crippen molar-refractivity contribution in [2.45, 2.75) is 65.1 Å². The molecule has 0 heterocycles. The van der Waals surface area contributed by atoms with E-state index in [1.807, 2.05) is 0 Å². The summed E-state index contributed by atoms with van der Waals surface area (Å²) in [6.45, 7) is 6.32. The highest BCUT2D eigenvalue weighted by molar-refractivity contribution is 4.80. The molecule has 2 heteroatoms. The van der Waals surface area contributed by atoms with Gasteiger partial charge in [0, 0.05) is 7.11 Å². The minimum Gasteiger partial charge on any atom is -0.393 e. The van der Waals surface area contributed by atoms with Crippen molar-refractivity contribution in [3.63, 3.8) is 0 Å². The molecule has 90 valence electrons. The fraction of sp³-hybridized carbons (Fsp3) is 1.00. The van der Waals surface area contributed by atoms with Crippen LogP contribution in [0.5, 0.6) is 0 Å². The average molecular weight is 214 g/mol. The minimum atomic E-state index is -0.182. The molecule has 3 atom stereocenters. The lowest BCUT2D eigenvalue weighted by Gasteiger charge is -2.33. The zero-order valence-corrected chi connectivity index (χ0v) is 10.6. The molecule has 3 unspecified atom stereocenters. The molecule has 15 heavy (non-hydrogen) atoms. The van der Waals surface area contributed by atoms with E-state index < -0.39 is 0 Å². The minimum absolute atomic E-state index is 0.0139. The summed E-state index contributed by atoms with van der Waals surface area (Å²) in [7, 11) is 1.80. The second-order valence-corrected chi connectivity index (χ2v) is 6.01. The molecule has 1 N–H and O–H groups in total. The Morgan fingerprint density at radius 3 is 2.53 bits per heavy atom. The second kappa shape index (κ2) is 5.31. The normalized spacial score (nSPS) is 30.2. The molecule has 1 aliphatic carbocycles. The Balaban J connectivity index is 2.38. The lowest BCUT2D eigenvalue weighted by molar-refractivity contribution is 0.00718. The van der Waals surface area contributed by atoms with Gasteiger partial charge in [0.25, 0.3) is 0 Å². The second-order valence-electron chi connectivity index (χ2n) is 6.01. The van der Waals surface area contributed by atoms with Crippen LogP contribution in [-0.2, 0) is 4.74 Å². The van der Waals surface area contributed by atoms with Crippen LogP contribution in [0.3, 0.4) is 0 Å². The maximum absolute atomic E-state index is 10.1. The Hall–Kier alpha value is -0.0800. The quantitative estimate of drug-likeness (QED) is 0.782.